The third kappa shape index (κ3) is 3.99. The molecule has 0 fully saturated rings. The summed E-state index contributed by atoms with van der Waals surface area (Å²) in [6.07, 6.45) is 7.12. The van der Waals surface area contributed by atoms with Crippen LogP contribution in [0.3, 0.4) is 0 Å². The highest BCUT2D eigenvalue weighted by Gasteiger charge is 2.25. The summed E-state index contributed by atoms with van der Waals surface area (Å²) in [6, 6.07) is 24.9. The van der Waals surface area contributed by atoms with Crippen molar-refractivity contribution in [2.45, 2.75) is 33.1 Å². The summed E-state index contributed by atoms with van der Waals surface area (Å²) in [5, 5.41) is 2.74. The Bertz CT molecular complexity index is 1640. The first-order valence-electron chi connectivity index (χ1n) is 12.1. The van der Waals surface area contributed by atoms with Crippen molar-refractivity contribution in [3.8, 4) is 0 Å². The fourth-order valence-corrected chi connectivity index (χ4v) is 7.66. The number of thiophene rings is 2. The molecule has 3 aromatic carbocycles. The highest BCUT2D eigenvalue weighted by Crippen LogP contribution is 2.49. The third-order valence-corrected chi connectivity index (χ3v) is 9.12. The summed E-state index contributed by atoms with van der Waals surface area (Å²) in [4.78, 5) is 15.3. The van der Waals surface area contributed by atoms with Crippen molar-refractivity contribution in [1.82, 2.24) is 0 Å². The molecule has 0 N–H and O–H groups in total. The van der Waals surface area contributed by atoms with Gasteiger partial charge in [-0.3, -0.25) is 4.79 Å². The van der Waals surface area contributed by atoms with Crippen molar-refractivity contribution in [1.29, 1.82) is 0 Å². The van der Waals surface area contributed by atoms with Crippen LogP contribution in [0.1, 0.15) is 56.1 Å². The fourth-order valence-electron chi connectivity index (χ4n) is 5.42. The molecule has 0 spiro atoms. The molecule has 0 bridgehead atoms. The van der Waals surface area contributed by atoms with E-state index in [2.05, 4.69) is 56.3 Å². The third-order valence-electron chi connectivity index (χ3n) is 6.97. The van der Waals surface area contributed by atoms with Gasteiger partial charge in [0.25, 0.3) is 0 Å². The highest BCUT2D eigenvalue weighted by atomic mass is 32.1. The molecular weight excluding hydrogens is 464 g/mol. The topological polar surface area (TPSA) is 17.1 Å². The second-order valence-electron chi connectivity index (χ2n) is 9.19. The monoisotopic (exact) mass is 490 g/mol. The zero-order chi connectivity index (χ0) is 23.9. The Morgan fingerprint density at radius 1 is 0.743 bits per heavy atom. The first-order valence-corrected chi connectivity index (χ1v) is 13.7. The number of fused-ring (bicyclic) bond motifs is 2. The van der Waals surface area contributed by atoms with Gasteiger partial charge < -0.3 is 0 Å². The van der Waals surface area contributed by atoms with Crippen molar-refractivity contribution in [2.75, 3.05) is 0 Å². The number of hydrogen-bond donors (Lipinski definition) is 0. The molecule has 0 saturated heterocycles. The molecule has 2 aromatic heterocycles. The molecule has 6 rings (SSSR count). The molecule has 35 heavy (non-hydrogen) atoms. The minimum atomic E-state index is 0.0351. The van der Waals surface area contributed by atoms with Gasteiger partial charge in [-0.05, 0) is 79.2 Å². The maximum absolute atomic E-state index is 12.5. The van der Waals surface area contributed by atoms with E-state index in [0.29, 0.717) is 0 Å². The van der Waals surface area contributed by atoms with E-state index in [9.17, 15) is 4.79 Å². The van der Waals surface area contributed by atoms with Crippen LogP contribution in [0.15, 0.2) is 78.9 Å². The second kappa shape index (κ2) is 9.07. The number of rotatable bonds is 5. The summed E-state index contributed by atoms with van der Waals surface area (Å²) in [7, 11) is 0. The minimum Gasteiger partial charge on any atom is -0.289 e. The van der Waals surface area contributed by atoms with Crippen LogP contribution in [-0.4, -0.2) is 5.78 Å². The number of hydrogen-bond acceptors (Lipinski definition) is 3. The molecule has 1 aliphatic carbocycles. The van der Waals surface area contributed by atoms with E-state index in [1.165, 1.54) is 53.0 Å². The summed E-state index contributed by atoms with van der Waals surface area (Å²) < 4.78 is 2.67. The Labute approximate surface area is 214 Å². The molecule has 0 aliphatic heterocycles. The van der Waals surface area contributed by atoms with Gasteiger partial charge >= 0.3 is 0 Å². The fraction of sp³-hybridized carbons (Fsp3) is 0.156. The summed E-state index contributed by atoms with van der Waals surface area (Å²) >= 11 is 3.78. The summed E-state index contributed by atoms with van der Waals surface area (Å²) in [5.41, 5.74) is 7.76. The van der Waals surface area contributed by atoms with Crippen molar-refractivity contribution >= 4 is 65.9 Å². The van der Waals surface area contributed by atoms with Gasteiger partial charge in [-0.15, -0.1) is 22.7 Å². The summed E-state index contributed by atoms with van der Waals surface area (Å²) in [6.45, 7) is 4.53. The van der Waals surface area contributed by atoms with Gasteiger partial charge in [-0.2, -0.15) is 0 Å². The zero-order valence-electron chi connectivity index (χ0n) is 19.9. The van der Waals surface area contributed by atoms with E-state index in [1.54, 1.807) is 11.6 Å². The van der Waals surface area contributed by atoms with Gasteiger partial charge in [-0.1, -0.05) is 66.7 Å². The molecule has 172 valence electrons. The smallest absolute Gasteiger partial charge is 0.185 e. The molecule has 0 radical (unpaired) electrons. The van der Waals surface area contributed by atoms with Crippen LogP contribution in [0.5, 0.6) is 0 Å². The maximum atomic E-state index is 12.5. The lowest BCUT2D eigenvalue weighted by Gasteiger charge is -2.10. The average molecular weight is 491 g/mol. The minimum absolute atomic E-state index is 0.0351. The zero-order valence-corrected chi connectivity index (χ0v) is 21.6. The normalized spacial score (nSPS) is 14.1. The standard InChI is InChI=1S/C32H26OS2/c1-20-31(26-11-6-7-14-29(26)34-20)24-12-8-13-25(24)32-21(2)35-30-19-22(15-17-27(30)32)16-18-28(33)23-9-4-3-5-10-23/h3-7,9-11,14-19H,8,12-13H2,1-2H3/b18-16+. The van der Waals surface area contributed by atoms with Gasteiger partial charge in [0.2, 0.25) is 0 Å². The SMILES string of the molecule is Cc1sc2ccccc2c1C1=C(c2c(C)sc3cc(/C=C/C(=O)c4ccccc4)ccc23)CCC1. The number of carbonyl (C=O) groups is 1. The molecule has 0 amide bonds. The largest absolute Gasteiger partial charge is 0.289 e. The number of carbonyl (C=O) groups excluding carboxylic acids is 1. The quantitative estimate of drug-likeness (QED) is 0.177. The molecule has 1 nitrogen and oxygen atoms in total. The first kappa shape index (κ1) is 22.2. The van der Waals surface area contributed by atoms with E-state index < -0.39 is 0 Å². The maximum Gasteiger partial charge on any atom is 0.185 e. The van der Waals surface area contributed by atoms with E-state index in [-0.39, 0.29) is 5.78 Å². The molecule has 2 heterocycles. The summed E-state index contributed by atoms with van der Waals surface area (Å²) in [5.74, 6) is 0.0351. The highest BCUT2D eigenvalue weighted by molar-refractivity contribution is 7.19. The van der Waals surface area contributed by atoms with Crippen LogP contribution in [0.25, 0.3) is 37.4 Å². The lowest BCUT2D eigenvalue weighted by molar-refractivity contribution is 0.104. The van der Waals surface area contributed by atoms with Crippen LogP contribution in [0.4, 0.5) is 0 Å². The van der Waals surface area contributed by atoms with Gasteiger partial charge in [0.1, 0.15) is 0 Å². The van der Waals surface area contributed by atoms with E-state index in [0.717, 1.165) is 24.0 Å². The predicted molar refractivity (Wildman–Crippen MR) is 154 cm³/mol. The van der Waals surface area contributed by atoms with Crippen LogP contribution in [0.2, 0.25) is 0 Å². The van der Waals surface area contributed by atoms with Gasteiger partial charge in [0.15, 0.2) is 5.78 Å². The van der Waals surface area contributed by atoms with E-state index >= 15 is 0 Å². The number of ketones is 1. The Balaban J connectivity index is 1.41. The molecular formula is C32H26OS2. The molecule has 5 aromatic rings. The lowest BCUT2D eigenvalue weighted by atomic mass is 9.93. The lowest BCUT2D eigenvalue weighted by Crippen LogP contribution is -1.92. The second-order valence-corrected chi connectivity index (χ2v) is 11.7. The van der Waals surface area contributed by atoms with Crippen molar-refractivity contribution in [3.63, 3.8) is 0 Å². The van der Waals surface area contributed by atoms with Crippen molar-refractivity contribution < 1.29 is 4.79 Å². The Hall–Kier alpha value is -3.27. The number of benzene rings is 3. The van der Waals surface area contributed by atoms with Gasteiger partial charge in [-0.25, -0.2) is 0 Å². The van der Waals surface area contributed by atoms with Crippen LogP contribution in [-0.2, 0) is 0 Å². The molecule has 1 aliphatic rings. The Morgan fingerprint density at radius 2 is 1.37 bits per heavy atom. The number of aryl methyl sites for hydroxylation is 2. The van der Waals surface area contributed by atoms with Crippen molar-refractivity contribution in [3.05, 3.63) is 111 Å². The molecule has 3 heteroatoms. The van der Waals surface area contributed by atoms with E-state index in [4.69, 9.17) is 0 Å². The molecule has 0 atom stereocenters. The van der Waals surface area contributed by atoms with Crippen LogP contribution in [0, 0.1) is 13.8 Å². The predicted octanol–water partition coefficient (Wildman–Crippen LogP) is 9.72. The van der Waals surface area contributed by atoms with Gasteiger partial charge in [0.05, 0.1) is 0 Å². The molecule has 0 unspecified atom stereocenters. The number of allylic oxidation sites excluding steroid dienone is 3. The van der Waals surface area contributed by atoms with Crippen LogP contribution < -0.4 is 0 Å². The molecule has 0 saturated carbocycles. The van der Waals surface area contributed by atoms with Gasteiger partial charge in [0, 0.05) is 35.5 Å². The first-order chi connectivity index (χ1) is 17.1. The Morgan fingerprint density at radius 3 is 2.11 bits per heavy atom. The Kier molecular flexibility index (Phi) is 5.75. The van der Waals surface area contributed by atoms with Crippen LogP contribution >= 0.6 is 22.7 Å². The van der Waals surface area contributed by atoms with E-state index in [1.807, 2.05) is 59.1 Å². The van der Waals surface area contributed by atoms with Crippen molar-refractivity contribution in [2.24, 2.45) is 0 Å². The average Bonchev–Trinajstić information content (AvgIpc) is 3.56.